The van der Waals surface area contributed by atoms with Gasteiger partial charge in [-0.05, 0) is 38.0 Å². The molecule has 30 heavy (non-hydrogen) atoms. The highest BCUT2D eigenvalue weighted by Crippen LogP contribution is 2.39. The number of fused-ring (bicyclic) bond motifs is 1. The van der Waals surface area contributed by atoms with Crippen molar-refractivity contribution < 1.29 is 9.53 Å². The van der Waals surface area contributed by atoms with Crippen LogP contribution in [0.15, 0.2) is 48.1 Å². The highest BCUT2D eigenvalue weighted by atomic mass is 16.5. The zero-order valence-corrected chi connectivity index (χ0v) is 17.6. The van der Waals surface area contributed by atoms with E-state index in [0.29, 0.717) is 25.0 Å². The summed E-state index contributed by atoms with van der Waals surface area (Å²) in [4.78, 5) is 25.2. The molecule has 4 aliphatic rings. The van der Waals surface area contributed by atoms with Gasteiger partial charge in [0.05, 0.1) is 31.1 Å². The predicted molar refractivity (Wildman–Crippen MR) is 115 cm³/mol. The number of ether oxygens (including phenoxy) is 1. The van der Waals surface area contributed by atoms with Crippen molar-refractivity contribution in [2.45, 2.75) is 38.6 Å². The van der Waals surface area contributed by atoms with Crippen molar-refractivity contribution in [1.82, 2.24) is 19.8 Å². The normalized spacial score (nSPS) is 29.3. The first-order valence-electron chi connectivity index (χ1n) is 11.4. The van der Waals surface area contributed by atoms with Crippen LogP contribution >= 0.6 is 0 Å². The van der Waals surface area contributed by atoms with Crippen LogP contribution in [-0.4, -0.2) is 58.5 Å². The third-order valence-corrected chi connectivity index (χ3v) is 7.12. The minimum atomic E-state index is 0.0437. The molecule has 2 aliphatic carbocycles. The third-order valence-electron chi connectivity index (χ3n) is 7.12. The summed E-state index contributed by atoms with van der Waals surface area (Å²) in [5, 5.41) is 0. The Hall–Kier alpha value is -2.34. The summed E-state index contributed by atoms with van der Waals surface area (Å²) in [5.41, 5.74) is 4.13. The lowest BCUT2D eigenvalue weighted by atomic mass is 9.77. The predicted octanol–water partition coefficient (Wildman–Crippen LogP) is 3.28. The summed E-state index contributed by atoms with van der Waals surface area (Å²) >= 11 is 0. The number of nitrogens with one attached hydrogen (secondary N) is 1. The van der Waals surface area contributed by atoms with Crippen molar-refractivity contribution in [1.29, 1.82) is 0 Å². The van der Waals surface area contributed by atoms with E-state index in [-0.39, 0.29) is 11.8 Å². The molecule has 0 spiro atoms. The van der Waals surface area contributed by atoms with Crippen LogP contribution in [0.2, 0.25) is 0 Å². The molecule has 160 valence electrons. The molecule has 2 saturated heterocycles. The van der Waals surface area contributed by atoms with E-state index in [1.54, 1.807) is 11.9 Å². The zero-order valence-electron chi connectivity index (χ0n) is 17.6. The Morgan fingerprint density at radius 2 is 2.27 bits per heavy atom. The van der Waals surface area contributed by atoms with Crippen LogP contribution in [0.1, 0.15) is 37.8 Å². The van der Waals surface area contributed by atoms with E-state index in [2.05, 4.69) is 44.1 Å². The standard InChI is InChI=1S/C24H32N4O2/c29-24(20-8-11-30-16-20)28-10-9-27(15-22-13-25-17-26-22)23-7-6-19(12-21(23)14-28)18-4-2-1-3-5-18/h1-2,4,7,13,17,19-21H,3,5-6,8-12,14-16H2,(H,25,26). The molecule has 0 aromatic carbocycles. The van der Waals surface area contributed by atoms with Gasteiger partial charge in [0.2, 0.25) is 5.91 Å². The van der Waals surface area contributed by atoms with Crippen LogP contribution in [-0.2, 0) is 16.1 Å². The monoisotopic (exact) mass is 408 g/mol. The van der Waals surface area contributed by atoms with Gasteiger partial charge in [0.1, 0.15) is 0 Å². The first kappa shape index (κ1) is 19.6. The molecular formula is C24H32N4O2. The van der Waals surface area contributed by atoms with Gasteiger partial charge in [-0.25, -0.2) is 4.98 Å². The Morgan fingerprint density at radius 1 is 1.30 bits per heavy atom. The lowest BCUT2D eigenvalue weighted by molar-refractivity contribution is -0.135. The van der Waals surface area contributed by atoms with Gasteiger partial charge >= 0.3 is 0 Å². The first-order chi connectivity index (χ1) is 14.8. The van der Waals surface area contributed by atoms with Crippen molar-refractivity contribution >= 4 is 5.91 Å². The van der Waals surface area contributed by atoms with Crippen LogP contribution < -0.4 is 0 Å². The third kappa shape index (κ3) is 4.10. The van der Waals surface area contributed by atoms with Gasteiger partial charge in [-0.2, -0.15) is 0 Å². The van der Waals surface area contributed by atoms with Crippen LogP contribution in [0.5, 0.6) is 0 Å². The summed E-state index contributed by atoms with van der Waals surface area (Å²) < 4.78 is 5.50. The summed E-state index contributed by atoms with van der Waals surface area (Å²) in [6, 6.07) is 0. The Bertz CT molecular complexity index is 835. The van der Waals surface area contributed by atoms with Crippen molar-refractivity contribution in [2.24, 2.45) is 17.8 Å². The number of aromatic nitrogens is 2. The van der Waals surface area contributed by atoms with Crippen molar-refractivity contribution in [3.05, 3.63) is 53.8 Å². The molecule has 1 aromatic rings. The molecule has 2 fully saturated rings. The number of hydrogen-bond donors (Lipinski definition) is 1. The highest BCUT2D eigenvalue weighted by molar-refractivity contribution is 5.79. The van der Waals surface area contributed by atoms with E-state index in [0.717, 1.165) is 57.6 Å². The fourth-order valence-electron chi connectivity index (χ4n) is 5.47. The fourth-order valence-corrected chi connectivity index (χ4v) is 5.47. The number of H-pyrrole nitrogens is 1. The Morgan fingerprint density at radius 3 is 3.03 bits per heavy atom. The molecule has 3 atom stereocenters. The molecule has 2 aliphatic heterocycles. The molecule has 3 unspecified atom stereocenters. The summed E-state index contributed by atoms with van der Waals surface area (Å²) in [7, 11) is 0. The maximum Gasteiger partial charge on any atom is 0.228 e. The van der Waals surface area contributed by atoms with E-state index < -0.39 is 0 Å². The lowest BCUT2D eigenvalue weighted by Crippen LogP contribution is -2.40. The number of amides is 1. The number of aromatic amines is 1. The van der Waals surface area contributed by atoms with E-state index >= 15 is 0 Å². The Kier molecular flexibility index (Phi) is 5.75. The van der Waals surface area contributed by atoms with E-state index in [1.807, 2.05) is 6.20 Å². The van der Waals surface area contributed by atoms with Crippen LogP contribution in [0, 0.1) is 17.8 Å². The quantitative estimate of drug-likeness (QED) is 0.831. The minimum Gasteiger partial charge on any atom is -0.381 e. The second-order valence-electron chi connectivity index (χ2n) is 9.05. The minimum absolute atomic E-state index is 0.0437. The van der Waals surface area contributed by atoms with Gasteiger partial charge in [-0.1, -0.05) is 29.9 Å². The summed E-state index contributed by atoms with van der Waals surface area (Å²) in [6.45, 7) is 4.62. The molecule has 1 aromatic heterocycles. The first-order valence-corrected chi connectivity index (χ1v) is 11.4. The average Bonchev–Trinajstić information content (AvgIpc) is 3.47. The molecule has 6 nitrogen and oxygen atoms in total. The molecule has 0 saturated carbocycles. The fraction of sp³-hybridized carbons (Fsp3) is 0.583. The zero-order chi connectivity index (χ0) is 20.3. The lowest BCUT2D eigenvalue weighted by Gasteiger charge is -2.36. The number of carbonyl (C=O) groups excluding carboxylic acids is 1. The number of carbonyl (C=O) groups is 1. The number of imidazole rings is 1. The van der Waals surface area contributed by atoms with Crippen molar-refractivity contribution in [3.63, 3.8) is 0 Å². The number of rotatable bonds is 4. The van der Waals surface area contributed by atoms with Gasteiger partial charge in [0.25, 0.3) is 0 Å². The Labute approximate surface area is 178 Å². The maximum absolute atomic E-state index is 13.2. The Balaban J connectivity index is 1.38. The van der Waals surface area contributed by atoms with Crippen LogP contribution in [0.3, 0.4) is 0 Å². The molecule has 0 bridgehead atoms. The van der Waals surface area contributed by atoms with E-state index in [9.17, 15) is 4.79 Å². The molecule has 3 heterocycles. The van der Waals surface area contributed by atoms with Gasteiger partial charge in [0, 0.05) is 44.1 Å². The molecule has 6 heteroatoms. The second kappa shape index (κ2) is 8.80. The number of allylic oxidation sites excluding steroid dienone is 5. The molecule has 5 rings (SSSR count). The van der Waals surface area contributed by atoms with E-state index in [1.165, 1.54) is 12.1 Å². The summed E-state index contributed by atoms with van der Waals surface area (Å²) in [5.74, 6) is 1.33. The van der Waals surface area contributed by atoms with Crippen LogP contribution in [0.4, 0.5) is 0 Å². The van der Waals surface area contributed by atoms with Crippen molar-refractivity contribution in [3.8, 4) is 0 Å². The SMILES string of the molecule is O=C(C1CCOC1)N1CCN(Cc2cnc[nH]2)C2=CCC(C3=CC=CCC3)CC2C1. The second-order valence-corrected chi connectivity index (χ2v) is 9.05. The van der Waals surface area contributed by atoms with E-state index in [4.69, 9.17) is 4.74 Å². The van der Waals surface area contributed by atoms with Gasteiger partial charge in [-0.15, -0.1) is 0 Å². The summed E-state index contributed by atoms with van der Waals surface area (Å²) in [6.07, 6.45) is 18.3. The average molecular weight is 409 g/mol. The van der Waals surface area contributed by atoms with Gasteiger partial charge < -0.3 is 19.5 Å². The number of nitrogens with zero attached hydrogens (tertiary/aromatic N) is 3. The van der Waals surface area contributed by atoms with Crippen LogP contribution in [0.25, 0.3) is 0 Å². The highest BCUT2D eigenvalue weighted by Gasteiger charge is 2.36. The smallest absolute Gasteiger partial charge is 0.228 e. The number of hydrogen-bond acceptors (Lipinski definition) is 4. The molecule has 1 amide bonds. The van der Waals surface area contributed by atoms with Gasteiger partial charge in [0.15, 0.2) is 0 Å². The molecule has 0 radical (unpaired) electrons. The topological polar surface area (TPSA) is 61.5 Å². The largest absolute Gasteiger partial charge is 0.381 e. The molecular weight excluding hydrogens is 376 g/mol. The maximum atomic E-state index is 13.2. The molecule has 1 N–H and O–H groups in total. The van der Waals surface area contributed by atoms with Crippen molar-refractivity contribution in [2.75, 3.05) is 32.8 Å². The van der Waals surface area contributed by atoms with Gasteiger partial charge in [-0.3, -0.25) is 4.79 Å².